The van der Waals surface area contributed by atoms with Gasteiger partial charge in [-0.05, 0) is 26.2 Å². The van der Waals surface area contributed by atoms with E-state index in [0.717, 1.165) is 50.2 Å². The van der Waals surface area contributed by atoms with Crippen LogP contribution in [0.15, 0.2) is 4.52 Å². The fourth-order valence-corrected chi connectivity index (χ4v) is 1.40. The van der Waals surface area contributed by atoms with Crippen LogP contribution < -0.4 is 5.73 Å². The van der Waals surface area contributed by atoms with Crippen LogP contribution in [0.25, 0.3) is 0 Å². The third-order valence-corrected chi connectivity index (χ3v) is 2.31. The summed E-state index contributed by atoms with van der Waals surface area (Å²) < 4.78 is 5.14. The normalized spacial score (nSPS) is 13.0. The van der Waals surface area contributed by atoms with Crippen LogP contribution in [-0.4, -0.2) is 16.2 Å². The third kappa shape index (κ3) is 4.93. The molecule has 0 spiro atoms. The van der Waals surface area contributed by atoms with E-state index in [4.69, 9.17) is 10.3 Å². The standard InChI is InChI=1S/C11H21N3O/c1-3-4-7-10-13-11(15-14-10)8-5-6-9(2)12/h9H,3-8,12H2,1-2H3. The summed E-state index contributed by atoms with van der Waals surface area (Å²) in [5, 5.41) is 3.93. The van der Waals surface area contributed by atoms with Gasteiger partial charge in [-0.25, -0.2) is 0 Å². The Morgan fingerprint density at radius 1 is 1.33 bits per heavy atom. The number of rotatable bonds is 7. The fraction of sp³-hybridized carbons (Fsp3) is 0.818. The molecule has 0 fully saturated rings. The molecule has 0 aliphatic heterocycles. The molecule has 86 valence electrons. The van der Waals surface area contributed by atoms with Crippen molar-refractivity contribution in [1.82, 2.24) is 10.1 Å². The van der Waals surface area contributed by atoms with Crippen molar-refractivity contribution in [3.63, 3.8) is 0 Å². The quantitative estimate of drug-likeness (QED) is 0.750. The Labute approximate surface area is 91.2 Å². The number of hydrogen-bond donors (Lipinski definition) is 1. The molecule has 1 atom stereocenters. The lowest BCUT2D eigenvalue weighted by atomic mass is 10.1. The average Bonchev–Trinajstić information content (AvgIpc) is 2.62. The molecule has 1 unspecified atom stereocenters. The Balaban J connectivity index is 2.26. The third-order valence-electron chi connectivity index (χ3n) is 2.31. The van der Waals surface area contributed by atoms with E-state index in [1.165, 1.54) is 0 Å². The summed E-state index contributed by atoms with van der Waals surface area (Å²) in [5.41, 5.74) is 5.66. The van der Waals surface area contributed by atoms with E-state index >= 15 is 0 Å². The van der Waals surface area contributed by atoms with Crippen LogP contribution in [0.3, 0.4) is 0 Å². The Hall–Kier alpha value is -0.900. The van der Waals surface area contributed by atoms with Crippen LogP contribution in [0.1, 0.15) is 51.2 Å². The van der Waals surface area contributed by atoms with Gasteiger partial charge in [0.15, 0.2) is 5.82 Å². The summed E-state index contributed by atoms with van der Waals surface area (Å²) in [4.78, 5) is 4.33. The van der Waals surface area contributed by atoms with E-state index < -0.39 is 0 Å². The zero-order valence-corrected chi connectivity index (χ0v) is 9.70. The predicted molar refractivity (Wildman–Crippen MR) is 59.5 cm³/mol. The molecule has 0 saturated heterocycles. The maximum Gasteiger partial charge on any atom is 0.226 e. The molecule has 1 aromatic rings. The fourth-order valence-electron chi connectivity index (χ4n) is 1.40. The van der Waals surface area contributed by atoms with Crippen LogP contribution in [0.4, 0.5) is 0 Å². The maximum absolute atomic E-state index is 5.66. The summed E-state index contributed by atoms with van der Waals surface area (Å²) in [6.45, 7) is 4.17. The maximum atomic E-state index is 5.66. The largest absolute Gasteiger partial charge is 0.339 e. The summed E-state index contributed by atoms with van der Waals surface area (Å²) >= 11 is 0. The van der Waals surface area contributed by atoms with E-state index in [-0.39, 0.29) is 6.04 Å². The molecular formula is C11H21N3O. The van der Waals surface area contributed by atoms with Crippen molar-refractivity contribution in [1.29, 1.82) is 0 Å². The Kier molecular flexibility index (Phi) is 5.32. The van der Waals surface area contributed by atoms with Gasteiger partial charge in [-0.2, -0.15) is 4.98 Å². The lowest BCUT2D eigenvalue weighted by molar-refractivity contribution is 0.367. The minimum atomic E-state index is 0.257. The second-order valence-electron chi connectivity index (χ2n) is 4.08. The molecule has 0 aliphatic rings. The molecule has 15 heavy (non-hydrogen) atoms. The van der Waals surface area contributed by atoms with E-state index in [1.54, 1.807) is 0 Å². The molecule has 0 aromatic carbocycles. The summed E-state index contributed by atoms with van der Waals surface area (Å²) in [6, 6.07) is 0.257. The monoisotopic (exact) mass is 211 g/mol. The zero-order valence-electron chi connectivity index (χ0n) is 9.70. The molecule has 1 aromatic heterocycles. The van der Waals surface area contributed by atoms with Gasteiger partial charge in [0, 0.05) is 18.9 Å². The highest BCUT2D eigenvalue weighted by Gasteiger charge is 2.05. The number of nitrogens with two attached hydrogens (primary N) is 1. The molecule has 4 heteroatoms. The summed E-state index contributed by atoms with van der Waals surface area (Å²) in [6.07, 6.45) is 6.08. The molecule has 1 rings (SSSR count). The van der Waals surface area contributed by atoms with Crippen molar-refractivity contribution >= 4 is 0 Å². The van der Waals surface area contributed by atoms with Crippen LogP contribution in [0.5, 0.6) is 0 Å². The molecule has 0 saturated carbocycles. The highest BCUT2D eigenvalue weighted by molar-refractivity contribution is 4.86. The number of aromatic nitrogens is 2. The SMILES string of the molecule is CCCCc1noc(CCCC(C)N)n1. The average molecular weight is 211 g/mol. The molecule has 1 heterocycles. The van der Waals surface area contributed by atoms with Crippen molar-refractivity contribution in [2.75, 3.05) is 0 Å². The van der Waals surface area contributed by atoms with E-state index in [2.05, 4.69) is 17.1 Å². The first-order valence-corrected chi connectivity index (χ1v) is 5.79. The number of aryl methyl sites for hydroxylation is 2. The topological polar surface area (TPSA) is 64.9 Å². The minimum absolute atomic E-state index is 0.257. The van der Waals surface area contributed by atoms with Gasteiger partial charge in [0.05, 0.1) is 0 Å². The van der Waals surface area contributed by atoms with Gasteiger partial charge in [0.2, 0.25) is 5.89 Å². The molecule has 0 aliphatic carbocycles. The van der Waals surface area contributed by atoms with E-state index in [9.17, 15) is 0 Å². The van der Waals surface area contributed by atoms with Gasteiger partial charge in [0.1, 0.15) is 0 Å². The minimum Gasteiger partial charge on any atom is -0.339 e. The van der Waals surface area contributed by atoms with E-state index in [0.29, 0.717) is 0 Å². The van der Waals surface area contributed by atoms with Gasteiger partial charge in [0.25, 0.3) is 0 Å². The Morgan fingerprint density at radius 3 is 2.80 bits per heavy atom. The summed E-state index contributed by atoms with van der Waals surface area (Å²) in [7, 11) is 0. The number of nitrogens with zero attached hydrogens (tertiary/aromatic N) is 2. The van der Waals surface area contributed by atoms with Gasteiger partial charge >= 0.3 is 0 Å². The number of unbranched alkanes of at least 4 members (excludes halogenated alkanes) is 1. The van der Waals surface area contributed by atoms with Crippen molar-refractivity contribution in [3.8, 4) is 0 Å². The van der Waals surface area contributed by atoms with Crippen LogP contribution in [0.2, 0.25) is 0 Å². The highest BCUT2D eigenvalue weighted by Crippen LogP contribution is 2.06. The first kappa shape index (κ1) is 12.2. The molecule has 0 bridgehead atoms. The second-order valence-corrected chi connectivity index (χ2v) is 4.08. The molecule has 4 nitrogen and oxygen atoms in total. The van der Waals surface area contributed by atoms with Crippen molar-refractivity contribution < 1.29 is 4.52 Å². The lowest BCUT2D eigenvalue weighted by Crippen LogP contribution is -2.14. The van der Waals surface area contributed by atoms with Crippen molar-refractivity contribution in [2.24, 2.45) is 5.73 Å². The molecular weight excluding hydrogens is 190 g/mol. The molecule has 0 radical (unpaired) electrons. The number of hydrogen-bond acceptors (Lipinski definition) is 4. The lowest BCUT2D eigenvalue weighted by Gasteiger charge is -2.00. The van der Waals surface area contributed by atoms with Gasteiger partial charge in [-0.15, -0.1) is 0 Å². The van der Waals surface area contributed by atoms with Crippen molar-refractivity contribution in [2.45, 2.75) is 58.4 Å². The first-order valence-electron chi connectivity index (χ1n) is 5.79. The van der Waals surface area contributed by atoms with Crippen LogP contribution in [0, 0.1) is 0 Å². The predicted octanol–water partition coefficient (Wildman–Crippen LogP) is 2.08. The van der Waals surface area contributed by atoms with E-state index in [1.807, 2.05) is 6.92 Å². The van der Waals surface area contributed by atoms with Crippen LogP contribution >= 0.6 is 0 Å². The van der Waals surface area contributed by atoms with Gasteiger partial charge in [-0.3, -0.25) is 0 Å². The first-order chi connectivity index (χ1) is 7.22. The van der Waals surface area contributed by atoms with Gasteiger partial charge < -0.3 is 10.3 Å². The second kappa shape index (κ2) is 6.56. The molecule has 2 N–H and O–H groups in total. The smallest absolute Gasteiger partial charge is 0.226 e. The zero-order chi connectivity index (χ0) is 11.1. The van der Waals surface area contributed by atoms with Gasteiger partial charge in [-0.1, -0.05) is 18.5 Å². The highest BCUT2D eigenvalue weighted by atomic mass is 16.5. The Morgan fingerprint density at radius 2 is 2.13 bits per heavy atom. The summed E-state index contributed by atoms with van der Waals surface area (Å²) in [5.74, 6) is 1.59. The molecule has 0 amide bonds. The van der Waals surface area contributed by atoms with Crippen LogP contribution in [-0.2, 0) is 12.8 Å². The van der Waals surface area contributed by atoms with Crippen molar-refractivity contribution in [3.05, 3.63) is 11.7 Å². The Bertz CT molecular complexity index is 271.